The van der Waals surface area contributed by atoms with E-state index in [-0.39, 0.29) is 5.91 Å². The number of alkyl halides is 1. The van der Waals surface area contributed by atoms with Gasteiger partial charge in [0.2, 0.25) is 5.91 Å². The Balaban J connectivity index is 1.80. The first-order chi connectivity index (χ1) is 11.0. The second-order valence-electron chi connectivity index (χ2n) is 4.94. The lowest BCUT2D eigenvalue weighted by Gasteiger charge is -2.12. The number of fused-ring (bicyclic) bond motifs is 1. The second kappa shape index (κ2) is 6.42. The molecule has 3 nitrogen and oxygen atoms in total. The van der Waals surface area contributed by atoms with E-state index in [0.29, 0.717) is 11.3 Å². The number of pyridine rings is 1. The molecule has 0 spiro atoms. The smallest absolute Gasteiger partial charge is 0.242 e. The zero-order valence-corrected chi connectivity index (χ0v) is 13.3. The molecule has 2 aromatic carbocycles. The highest BCUT2D eigenvalue weighted by Gasteiger charge is 2.19. The maximum Gasteiger partial charge on any atom is 0.242 e. The summed E-state index contributed by atoms with van der Waals surface area (Å²) in [6.07, 6.45) is 1.69. The van der Waals surface area contributed by atoms with Gasteiger partial charge in [-0.15, -0.1) is 0 Å². The van der Waals surface area contributed by atoms with Crippen LogP contribution in [-0.2, 0) is 4.79 Å². The average molecular weight is 377 g/mol. The van der Waals surface area contributed by atoms with Crippen LogP contribution in [-0.4, -0.2) is 10.9 Å². The molecule has 0 saturated carbocycles. The van der Waals surface area contributed by atoms with E-state index >= 15 is 0 Å². The number of carbonyl (C=O) groups excluding carboxylic acids is 1. The number of hydrogen-bond donors (Lipinski definition) is 1. The highest BCUT2D eigenvalue weighted by Crippen LogP contribution is 2.26. The maximum atomic E-state index is 13.3. The van der Waals surface area contributed by atoms with Crippen LogP contribution < -0.4 is 5.32 Å². The zero-order valence-electron chi connectivity index (χ0n) is 11.8. The fraction of sp³-hybridized carbons (Fsp3) is 0.0588. The molecule has 1 atom stereocenters. The van der Waals surface area contributed by atoms with E-state index in [9.17, 15) is 13.6 Å². The van der Waals surface area contributed by atoms with Crippen molar-refractivity contribution in [3.8, 4) is 0 Å². The van der Waals surface area contributed by atoms with E-state index in [4.69, 9.17) is 0 Å². The Morgan fingerprint density at radius 2 is 1.91 bits per heavy atom. The summed E-state index contributed by atoms with van der Waals surface area (Å²) in [4.78, 5) is 15.7. The maximum absolute atomic E-state index is 13.3. The van der Waals surface area contributed by atoms with Crippen molar-refractivity contribution >= 4 is 38.4 Å². The van der Waals surface area contributed by atoms with Crippen LogP contribution in [0.2, 0.25) is 0 Å². The number of aromatic nitrogens is 1. The third kappa shape index (κ3) is 3.37. The largest absolute Gasteiger partial charge is 0.325 e. The van der Waals surface area contributed by atoms with Gasteiger partial charge in [-0.2, -0.15) is 0 Å². The molecule has 6 heteroatoms. The fourth-order valence-corrected chi connectivity index (χ4v) is 2.58. The van der Waals surface area contributed by atoms with Crippen molar-refractivity contribution in [2.75, 3.05) is 5.32 Å². The minimum absolute atomic E-state index is 0.337. The first kappa shape index (κ1) is 15.6. The van der Waals surface area contributed by atoms with Crippen molar-refractivity contribution in [1.29, 1.82) is 0 Å². The van der Waals surface area contributed by atoms with Gasteiger partial charge in [-0.05, 0) is 42.0 Å². The van der Waals surface area contributed by atoms with Crippen molar-refractivity contribution in [3.05, 3.63) is 71.9 Å². The van der Waals surface area contributed by atoms with Crippen molar-refractivity contribution < 1.29 is 13.6 Å². The molecule has 116 valence electrons. The third-order valence-corrected chi connectivity index (χ3v) is 4.28. The van der Waals surface area contributed by atoms with Crippen LogP contribution >= 0.6 is 15.9 Å². The molecule has 1 N–H and O–H groups in total. The average Bonchev–Trinajstić information content (AvgIpc) is 2.56. The van der Waals surface area contributed by atoms with Gasteiger partial charge in [0.15, 0.2) is 11.6 Å². The van der Waals surface area contributed by atoms with E-state index < -0.39 is 16.5 Å². The van der Waals surface area contributed by atoms with Crippen molar-refractivity contribution in [2.24, 2.45) is 0 Å². The van der Waals surface area contributed by atoms with Crippen molar-refractivity contribution in [3.63, 3.8) is 0 Å². The number of hydrogen-bond acceptors (Lipinski definition) is 2. The van der Waals surface area contributed by atoms with E-state index in [1.54, 1.807) is 24.4 Å². The van der Waals surface area contributed by atoms with E-state index in [1.807, 2.05) is 12.1 Å². The van der Waals surface area contributed by atoms with Gasteiger partial charge >= 0.3 is 0 Å². The third-order valence-electron chi connectivity index (χ3n) is 3.34. The Morgan fingerprint density at radius 1 is 1.09 bits per heavy atom. The molecule has 0 aliphatic heterocycles. The van der Waals surface area contributed by atoms with E-state index in [0.717, 1.165) is 23.0 Å². The first-order valence-electron chi connectivity index (χ1n) is 6.79. The van der Waals surface area contributed by atoms with Gasteiger partial charge in [0.1, 0.15) is 4.83 Å². The Labute approximate surface area is 139 Å². The molecule has 0 aliphatic rings. The normalized spacial score (nSPS) is 12.1. The molecular formula is C17H11BrF2N2O. The summed E-state index contributed by atoms with van der Waals surface area (Å²) < 4.78 is 26.2. The molecule has 1 amide bonds. The van der Waals surface area contributed by atoms with Crippen LogP contribution in [0, 0.1) is 11.6 Å². The van der Waals surface area contributed by atoms with E-state index in [2.05, 4.69) is 26.2 Å². The summed E-state index contributed by atoms with van der Waals surface area (Å²) in [5.41, 5.74) is 1.76. The second-order valence-corrected chi connectivity index (χ2v) is 5.85. The lowest BCUT2D eigenvalue weighted by molar-refractivity contribution is -0.115. The van der Waals surface area contributed by atoms with Crippen LogP contribution in [0.3, 0.4) is 0 Å². The SMILES string of the molecule is O=C(Nc1ccc2ncccc2c1)C(Br)c1ccc(F)c(F)c1. The van der Waals surface area contributed by atoms with Gasteiger partial charge in [-0.3, -0.25) is 9.78 Å². The van der Waals surface area contributed by atoms with Gasteiger partial charge in [0.25, 0.3) is 0 Å². The van der Waals surface area contributed by atoms with E-state index in [1.165, 1.54) is 6.07 Å². The number of amides is 1. The van der Waals surface area contributed by atoms with Gasteiger partial charge in [-0.25, -0.2) is 8.78 Å². The molecule has 3 rings (SSSR count). The number of halogens is 3. The Kier molecular flexibility index (Phi) is 4.34. The monoisotopic (exact) mass is 376 g/mol. The highest BCUT2D eigenvalue weighted by molar-refractivity contribution is 9.09. The quantitative estimate of drug-likeness (QED) is 0.679. The minimum Gasteiger partial charge on any atom is -0.325 e. The van der Waals surface area contributed by atoms with Crippen molar-refractivity contribution in [1.82, 2.24) is 4.98 Å². The molecule has 1 aromatic heterocycles. The zero-order chi connectivity index (χ0) is 16.4. The molecule has 0 aliphatic carbocycles. The molecule has 0 saturated heterocycles. The summed E-state index contributed by atoms with van der Waals surface area (Å²) in [6, 6.07) is 12.4. The molecule has 3 aromatic rings. The Morgan fingerprint density at radius 3 is 2.70 bits per heavy atom. The molecular weight excluding hydrogens is 366 g/mol. The lowest BCUT2D eigenvalue weighted by atomic mass is 10.1. The van der Waals surface area contributed by atoms with Crippen LogP contribution in [0.25, 0.3) is 10.9 Å². The Hall–Kier alpha value is -2.34. The number of anilines is 1. The Bertz CT molecular complexity index is 885. The molecule has 23 heavy (non-hydrogen) atoms. The number of rotatable bonds is 3. The minimum atomic E-state index is -0.989. The summed E-state index contributed by atoms with van der Waals surface area (Å²) in [7, 11) is 0. The molecule has 0 radical (unpaired) electrons. The summed E-state index contributed by atoms with van der Waals surface area (Å²) in [5, 5.41) is 3.63. The van der Waals surface area contributed by atoms with Crippen LogP contribution in [0.5, 0.6) is 0 Å². The van der Waals surface area contributed by atoms with Crippen LogP contribution in [0.4, 0.5) is 14.5 Å². The molecule has 0 bridgehead atoms. The number of benzene rings is 2. The lowest BCUT2D eigenvalue weighted by Crippen LogP contribution is -2.17. The van der Waals surface area contributed by atoms with Gasteiger partial charge in [-0.1, -0.05) is 28.1 Å². The first-order valence-corrected chi connectivity index (χ1v) is 7.71. The fourth-order valence-electron chi connectivity index (χ4n) is 2.18. The van der Waals surface area contributed by atoms with Gasteiger partial charge < -0.3 is 5.32 Å². The van der Waals surface area contributed by atoms with Crippen LogP contribution in [0.1, 0.15) is 10.4 Å². The predicted octanol–water partition coefficient (Wildman–Crippen LogP) is 4.59. The number of nitrogens with zero attached hydrogens (tertiary/aromatic N) is 1. The highest BCUT2D eigenvalue weighted by atomic mass is 79.9. The number of carbonyl (C=O) groups is 1. The van der Waals surface area contributed by atoms with Gasteiger partial charge in [0.05, 0.1) is 5.52 Å². The summed E-state index contributed by atoms with van der Waals surface area (Å²) in [5.74, 6) is -2.31. The van der Waals surface area contributed by atoms with Crippen molar-refractivity contribution in [2.45, 2.75) is 4.83 Å². The molecule has 1 heterocycles. The summed E-state index contributed by atoms with van der Waals surface area (Å²) >= 11 is 3.20. The topological polar surface area (TPSA) is 42.0 Å². The number of nitrogens with one attached hydrogen (secondary N) is 1. The van der Waals surface area contributed by atoms with Gasteiger partial charge in [0, 0.05) is 17.3 Å². The predicted molar refractivity (Wildman–Crippen MR) is 88.4 cm³/mol. The molecule has 1 unspecified atom stereocenters. The standard InChI is InChI=1S/C17H11BrF2N2O/c18-16(11-3-5-13(19)14(20)9-11)17(23)22-12-4-6-15-10(8-12)2-1-7-21-15/h1-9,16H,(H,22,23). The molecule has 0 fully saturated rings. The van der Waals surface area contributed by atoms with Crippen LogP contribution in [0.15, 0.2) is 54.7 Å². The summed E-state index contributed by atoms with van der Waals surface area (Å²) in [6.45, 7) is 0.